The van der Waals surface area contributed by atoms with Gasteiger partial charge in [0.1, 0.15) is 17.4 Å². The molecule has 2 N–H and O–H groups in total. The van der Waals surface area contributed by atoms with Crippen LogP contribution >= 0.6 is 11.5 Å². The van der Waals surface area contributed by atoms with Crippen LogP contribution in [0.4, 0.5) is 4.39 Å². The number of hydrogen-bond acceptors (Lipinski definition) is 8. The number of nitrogens with zero attached hydrogens (tertiary/aromatic N) is 4. The van der Waals surface area contributed by atoms with E-state index in [2.05, 4.69) is 19.9 Å². The summed E-state index contributed by atoms with van der Waals surface area (Å²) in [7, 11) is 1.61. The van der Waals surface area contributed by atoms with Gasteiger partial charge in [0.15, 0.2) is 0 Å². The fraction of sp³-hybridized carbons (Fsp3) is 0.375. The highest BCUT2D eigenvalue weighted by atomic mass is 32.1. The fourth-order valence-corrected chi connectivity index (χ4v) is 5.00. The van der Waals surface area contributed by atoms with Gasteiger partial charge in [-0.05, 0) is 72.0 Å². The Morgan fingerprint density at radius 2 is 2.15 bits per heavy atom. The molecule has 0 spiro atoms. The molecule has 5 rings (SSSR count). The summed E-state index contributed by atoms with van der Waals surface area (Å²) in [6.07, 6.45) is 0.627. The van der Waals surface area contributed by atoms with Crippen LogP contribution in [0.15, 0.2) is 48.7 Å². The number of β-amino-alcohol motifs (C(OH)–C–C–N with tert-alkyl or cyclic N) is 1. The van der Waals surface area contributed by atoms with E-state index in [9.17, 15) is 9.50 Å². The lowest BCUT2D eigenvalue weighted by molar-refractivity contribution is 0.0571. The molecule has 4 aromatic rings. The zero-order chi connectivity index (χ0) is 22.8. The average Bonchev–Trinajstić information content (AvgIpc) is 3.30. The molecule has 1 fully saturated rings. The number of alkyl halides is 1. The number of benzene rings is 2. The smallest absolute Gasteiger partial charge is 0.128 e. The molecule has 0 amide bonds. The number of aliphatic hydroxyl groups is 1. The van der Waals surface area contributed by atoms with Gasteiger partial charge in [-0.15, -0.1) is 5.10 Å². The third-order valence-electron chi connectivity index (χ3n) is 6.28. The van der Waals surface area contributed by atoms with Crippen molar-refractivity contribution in [2.45, 2.75) is 31.3 Å². The van der Waals surface area contributed by atoms with Gasteiger partial charge < -0.3 is 15.2 Å². The van der Waals surface area contributed by atoms with E-state index in [1.54, 1.807) is 13.3 Å². The molecule has 1 aliphatic heterocycles. The van der Waals surface area contributed by atoms with E-state index in [-0.39, 0.29) is 12.6 Å². The van der Waals surface area contributed by atoms with E-state index >= 15 is 0 Å². The SMILES string of the molecule is COc1ccc2nccc([C@@H](O)CN3CCC(NCc4ccc5snnc5c4)[C@H](F)C3)c2c1. The molecule has 1 unspecified atom stereocenters. The van der Waals surface area contributed by atoms with Crippen LogP contribution in [0.3, 0.4) is 0 Å². The Balaban J connectivity index is 1.19. The van der Waals surface area contributed by atoms with E-state index in [1.165, 1.54) is 11.5 Å². The number of halogens is 1. The molecule has 1 saturated heterocycles. The summed E-state index contributed by atoms with van der Waals surface area (Å²) < 4.78 is 25.3. The molecule has 9 heteroatoms. The Morgan fingerprint density at radius 3 is 3.00 bits per heavy atom. The van der Waals surface area contributed by atoms with E-state index in [0.29, 0.717) is 25.3 Å². The monoisotopic (exact) mass is 467 g/mol. The number of pyridine rings is 1. The Kier molecular flexibility index (Phi) is 6.45. The summed E-state index contributed by atoms with van der Waals surface area (Å²) in [5, 5.41) is 19.3. The number of fused-ring (bicyclic) bond motifs is 2. The van der Waals surface area contributed by atoms with Gasteiger partial charge in [-0.1, -0.05) is 10.6 Å². The first-order valence-corrected chi connectivity index (χ1v) is 11.8. The zero-order valence-electron chi connectivity index (χ0n) is 18.3. The lowest BCUT2D eigenvalue weighted by atomic mass is 9.99. The molecule has 1 aliphatic rings. The Hall–Kier alpha value is -2.72. The predicted molar refractivity (Wildman–Crippen MR) is 127 cm³/mol. The summed E-state index contributed by atoms with van der Waals surface area (Å²) in [6.45, 7) is 1.97. The summed E-state index contributed by atoms with van der Waals surface area (Å²) >= 11 is 1.37. The number of nitrogens with one attached hydrogen (secondary N) is 1. The molecule has 0 aliphatic carbocycles. The third kappa shape index (κ3) is 4.81. The highest BCUT2D eigenvalue weighted by molar-refractivity contribution is 7.12. The van der Waals surface area contributed by atoms with Crippen molar-refractivity contribution in [2.24, 2.45) is 0 Å². The average molecular weight is 468 g/mol. The Morgan fingerprint density at radius 1 is 1.24 bits per heavy atom. The lowest BCUT2D eigenvalue weighted by Gasteiger charge is -2.36. The minimum Gasteiger partial charge on any atom is -0.497 e. The van der Waals surface area contributed by atoms with Gasteiger partial charge in [0.2, 0.25) is 0 Å². The van der Waals surface area contributed by atoms with Crippen molar-refractivity contribution in [3.63, 3.8) is 0 Å². The van der Waals surface area contributed by atoms with Crippen LogP contribution in [0.2, 0.25) is 0 Å². The number of likely N-dealkylation sites (tertiary alicyclic amines) is 1. The van der Waals surface area contributed by atoms with Crippen molar-refractivity contribution < 1.29 is 14.2 Å². The standard InChI is InChI=1S/C24H26FN5O2S/c1-32-16-3-4-20-18(11-16)17(6-8-26-20)23(31)14-30-9-7-21(19(25)13-30)27-12-15-2-5-24-22(10-15)28-29-33-24/h2-6,8,10-11,19,21,23,27,31H,7,9,12-14H2,1H3/t19-,21?,23+/m1/s1. The van der Waals surface area contributed by atoms with E-state index in [4.69, 9.17) is 4.74 Å². The minimum atomic E-state index is -1.01. The van der Waals surface area contributed by atoms with E-state index in [0.717, 1.165) is 38.8 Å². The quantitative estimate of drug-likeness (QED) is 0.431. The molecule has 172 valence electrons. The number of rotatable bonds is 7. The van der Waals surface area contributed by atoms with Crippen molar-refractivity contribution >= 4 is 32.7 Å². The van der Waals surface area contributed by atoms with Crippen molar-refractivity contribution in [3.8, 4) is 5.75 Å². The molecule has 7 nitrogen and oxygen atoms in total. The molecule has 2 aromatic carbocycles. The first-order chi connectivity index (χ1) is 16.1. The maximum atomic E-state index is 15.0. The predicted octanol–water partition coefficient (Wildman–Crippen LogP) is 3.48. The third-order valence-corrected chi connectivity index (χ3v) is 6.98. The van der Waals surface area contributed by atoms with Crippen LogP contribution < -0.4 is 10.1 Å². The number of ether oxygens (including phenoxy) is 1. The fourth-order valence-electron chi connectivity index (χ4n) is 4.46. The van der Waals surface area contributed by atoms with E-state index in [1.807, 2.05) is 47.4 Å². The molecule has 3 heterocycles. The number of aromatic nitrogens is 3. The highest BCUT2D eigenvalue weighted by Crippen LogP contribution is 2.28. The first kappa shape index (κ1) is 22.1. The Bertz CT molecular complexity index is 1250. The van der Waals surface area contributed by atoms with Gasteiger partial charge in [-0.3, -0.25) is 9.88 Å². The lowest BCUT2D eigenvalue weighted by Crippen LogP contribution is -2.51. The van der Waals surface area contributed by atoms with Gasteiger partial charge in [0.25, 0.3) is 0 Å². The topological polar surface area (TPSA) is 83.4 Å². The summed E-state index contributed by atoms with van der Waals surface area (Å²) in [5.41, 5.74) is 3.52. The maximum Gasteiger partial charge on any atom is 0.128 e. The number of hydrogen-bond donors (Lipinski definition) is 2. The molecule has 0 radical (unpaired) electrons. The number of piperidine rings is 1. The van der Waals surface area contributed by atoms with Gasteiger partial charge in [0, 0.05) is 37.3 Å². The molecule has 3 atom stereocenters. The molecule has 2 aromatic heterocycles. The summed E-state index contributed by atoms with van der Waals surface area (Å²) in [4.78, 5) is 6.37. The molecular weight excluding hydrogens is 441 g/mol. The maximum absolute atomic E-state index is 15.0. The van der Waals surface area contributed by atoms with Crippen molar-refractivity contribution in [2.75, 3.05) is 26.7 Å². The van der Waals surface area contributed by atoms with Crippen LogP contribution in [0, 0.1) is 0 Å². The first-order valence-electron chi connectivity index (χ1n) is 11.0. The second-order valence-corrected chi connectivity index (χ2v) is 9.21. The number of aliphatic hydroxyl groups excluding tert-OH is 1. The van der Waals surface area contributed by atoms with Crippen LogP contribution in [-0.2, 0) is 6.54 Å². The van der Waals surface area contributed by atoms with Gasteiger partial charge in [0.05, 0.1) is 23.4 Å². The summed E-state index contributed by atoms with van der Waals surface area (Å²) in [5.74, 6) is 0.713. The van der Waals surface area contributed by atoms with Crippen LogP contribution in [0.5, 0.6) is 5.75 Å². The van der Waals surface area contributed by atoms with Crippen molar-refractivity contribution in [1.82, 2.24) is 24.8 Å². The van der Waals surface area contributed by atoms with Crippen LogP contribution in [0.1, 0.15) is 23.7 Å². The van der Waals surface area contributed by atoms with Gasteiger partial charge >= 0.3 is 0 Å². The van der Waals surface area contributed by atoms with Gasteiger partial charge in [-0.25, -0.2) is 4.39 Å². The van der Waals surface area contributed by atoms with Crippen LogP contribution in [0.25, 0.3) is 21.1 Å². The molecule has 0 saturated carbocycles. The molecular formula is C24H26FN5O2S. The second kappa shape index (κ2) is 9.64. The Labute approximate surface area is 195 Å². The van der Waals surface area contributed by atoms with E-state index < -0.39 is 12.3 Å². The van der Waals surface area contributed by atoms with Crippen LogP contribution in [-0.4, -0.2) is 63.5 Å². The number of methoxy groups -OCH3 is 1. The molecule has 33 heavy (non-hydrogen) atoms. The second-order valence-electron chi connectivity index (χ2n) is 8.43. The highest BCUT2D eigenvalue weighted by Gasteiger charge is 2.30. The normalized spacial score (nSPS) is 20.3. The minimum absolute atomic E-state index is 0.214. The van der Waals surface area contributed by atoms with Crippen molar-refractivity contribution in [3.05, 3.63) is 59.8 Å². The van der Waals surface area contributed by atoms with Gasteiger partial charge in [-0.2, -0.15) is 0 Å². The molecule has 0 bridgehead atoms. The summed E-state index contributed by atoms with van der Waals surface area (Å²) in [6, 6.07) is 13.3. The van der Waals surface area contributed by atoms with Crippen molar-refractivity contribution in [1.29, 1.82) is 0 Å². The zero-order valence-corrected chi connectivity index (χ0v) is 19.1. The largest absolute Gasteiger partial charge is 0.497 e.